The predicted octanol–water partition coefficient (Wildman–Crippen LogP) is 2.91. The van der Waals surface area contributed by atoms with E-state index in [1.165, 1.54) is 0 Å². The summed E-state index contributed by atoms with van der Waals surface area (Å²) in [5, 5.41) is 7.15. The van der Waals surface area contributed by atoms with Crippen molar-refractivity contribution in [2.45, 2.75) is 20.0 Å². The molecule has 0 saturated carbocycles. The molecule has 0 saturated heterocycles. The van der Waals surface area contributed by atoms with Crippen LogP contribution in [-0.2, 0) is 13.1 Å². The largest absolute Gasteiger partial charge is 0.497 e. The third-order valence-electron chi connectivity index (χ3n) is 3.48. The molecule has 0 spiro atoms. The molecule has 2 aromatic rings. The van der Waals surface area contributed by atoms with E-state index in [-0.39, 0.29) is 24.0 Å². The molecule has 2 rings (SSSR count). The molecule has 1 heterocycles. The van der Waals surface area contributed by atoms with Crippen LogP contribution in [0.25, 0.3) is 0 Å². The van der Waals surface area contributed by atoms with Crippen LogP contribution in [-0.4, -0.2) is 43.8 Å². The zero-order chi connectivity index (χ0) is 17.4. The van der Waals surface area contributed by atoms with Gasteiger partial charge < -0.3 is 24.2 Å². The number of nitrogens with one attached hydrogen (secondary N) is 1. The maximum absolute atomic E-state index is 5.46. The number of nitrogens with zero attached hydrogens (tertiary/aromatic N) is 3. The van der Waals surface area contributed by atoms with Gasteiger partial charge in [0.25, 0.3) is 0 Å². The fourth-order valence-electron chi connectivity index (χ4n) is 2.26. The molecule has 0 aliphatic rings. The zero-order valence-corrected chi connectivity index (χ0v) is 17.3. The van der Waals surface area contributed by atoms with Crippen molar-refractivity contribution in [2.24, 2.45) is 4.99 Å². The van der Waals surface area contributed by atoms with Crippen LogP contribution in [0.1, 0.15) is 18.2 Å². The maximum Gasteiger partial charge on any atom is 0.194 e. The van der Waals surface area contributed by atoms with Crippen LogP contribution >= 0.6 is 24.0 Å². The van der Waals surface area contributed by atoms with E-state index in [4.69, 9.17) is 14.0 Å². The van der Waals surface area contributed by atoms with Gasteiger partial charge in [-0.25, -0.2) is 4.99 Å². The summed E-state index contributed by atoms with van der Waals surface area (Å²) >= 11 is 0. The van der Waals surface area contributed by atoms with Crippen molar-refractivity contribution in [3.05, 3.63) is 41.8 Å². The Kier molecular flexibility index (Phi) is 9.11. The minimum atomic E-state index is 0. The van der Waals surface area contributed by atoms with Crippen molar-refractivity contribution in [1.82, 2.24) is 15.4 Å². The van der Waals surface area contributed by atoms with Crippen LogP contribution in [0.3, 0.4) is 0 Å². The molecule has 8 heteroatoms. The number of hydrogen-bond donors (Lipinski definition) is 1. The van der Waals surface area contributed by atoms with Gasteiger partial charge in [0.2, 0.25) is 0 Å². The molecule has 7 nitrogen and oxygen atoms in total. The molecule has 0 bridgehead atoms. The monoisotopic (exact) mass is 460 g/mol. The first-order valence-electron chi connectivity index (χ1n) is 7.77. The molecule has 0 fully saturated rings. The van der Waals surface area contributed by atoms with Gasteiger partial charge in [-0.2, -0.15) is 0 Å². The summed E-state index contributed by atoms with van der Waals surface area (Å²) in [5.74, 6) is 2.34. The van der Waals surface area contributed by atoms with Gasteiger partial charge in [-0.1, -0.05) is 5.16 Å². The van der Waals surface area contributed by atoms with E-state index in [2.05, 4.69) is 15.5 Å². The van der Waals surface area contributed by atoms with Crippen LogP contribution in [0.2, 0.25) is 0 Å². The quantitative estimate of drug-likeness (QED) is 0.389. The lowest BCUT2D eigenvalue weighted by Gasteiger charge is -2.23. The minimum absolute atomic E-state index is 0. The zero-order valence-electron chi connectivity index (χ0n) is 15.0. The lowest BCUT2D eigenvalue weighted by molar-refractivity contribution is 0.382. The van der Waals surface area contributed by atoms with E-state index < -0.39 is 0 Å². The van der Waals surface area contributed by atoms with Gasteiger partial charge in [0.05, 0.1) is 20.8 Å². The second-order valence-corrected chi connectivity index (χ2v) is 5.19. The van der Waals surface area contributed by atoms with E-state index >= 15 is 0 Å². The lowest BCUT2D eigenvalue weighted by Crippen LogP contribution is -2.38. The highest BCUT2D eigenvalue weighted by atomic mass is 127. The molecule has 0 amide bonds. The second-order valence-electron chi connectivity index (χ2n) is 5.19. The maximum atomic E-state index is 5.46. The van der Waals surface area contributed by atoms with E-state index in [0.29, 0.717) is 13.1 Å². The topological polar surface area (TPSA) is 72.1 Å². The van der Waals surface area contributed by atoms with E-state index in [9.17, 15) is 0 Å². The van der Waals surface area contributed by atoms with Gasteiger partial charge in [-0.15, -0.1) is 24.0 Å². The summed E-state index contributed by atoms with van der Waals surface area (Å²) in [5.41, 5.74) is 1.84. The first kappa shape index (κ1) is 21.1. The Balaban J connectivity index is 0.00000312. The highest BCUT2D eigenvalue weighted by Gasteiger charge is 2.11. The Bertz CT molecular complexity index is 662. The normalized spacial score (nSPS) is 10.8. The second kappa shape index (κ2) is 10.8. The molecule has 0 aliphatic carbocycles. The number of aromatic nitrogens is 1. The molecule has 0 radical (unpaired) electrons. The molecule has 1 N–H and O–H groups in total. The van der Waals surface area contributed by atoms with Gasteiger partial charge in [0, 0.05) is 37.8 Å². The Hall–Kier alpha value is -1.97. The van der Waals surface area contributed by atoms with Gasteiger partial charge in [-0.3, -0.25) is 0 Å². The summed E-state index contributed by atoms with van der Waals surface area (Å²) in [4.78, 5) is 6.62. The molecule has 0 atom stereocenters. The highest BCUT2D eigenvalue weighted by Crippen LogP contribution is 2.25. The Morgan fingerprint density at radius 1 is 1.28 bits per heavy atom. The van der Waals surface area contributed by atoms with Crippen molar-refractivity contribution < 1.29 is 14.0 Å². The Morgan fingerprint density at radius 3 is 2.68 bits per heavy atom. The summed E-state index contributed by atoms with van der Waals surface area (Å²) < 4.78 is 15.5. The molecule has 1 aromatic carbocycles. The predicted molar refractivity (Wildman–Crippen MR) is 108 cm³/mol. The average molecular weight is 460 g/mol. The molecule has 0 unspecified atom stereocenters. The summed E-state index contributed by atoms with van der Waals surface area (Å²) in [6.45, 7) is 3.93. The van der Waals surface area contributed by atoms with Crippen LogP contribution in [0.4, 0.5) is 0 Å². The third-order valence-corrected chi connectivity index (χ3v) is 3.48. The fourth-order valence-corrected chi connectivity index (χ4v) is 2.26. The van der Waals surface area contributed by atoms with E-state index in [1.54, 1.807) is 26.5 Å². The van der Waals surface area contributed by atoms with Gasteiger partial charge in [0.1, 0.15) is 23.5 Å². The van der Waals surface area contributed by atoms with Crippen LogP contribution < -0.4 is 14.8 Å². The van der Waals surface area contributed by atoms with Crippen molar-refractivity contribution >= 4 is 29.9 Å². The highest BCUT2D eigenvalue weighted by molar-refractivity contribution is 14.0. The fraction of sp³-hybridized carbons (Fsp3) is 0.412. The summed E-state index contributed by atoms with van der Waals surface area (Å²) in [6.07, 6.45) is 1.55. The number of benzene rings is 1. The Morgan fingerprint density at radius 2 is 2.08 bits per heavy atom. The first-order valence-corrected chi connectivity index (χ1v) is 7.77. The average Bonchev–Trinajstić information content (AvgIpc) is 3.12. The lowest BCUT2D eigenvalue weighted by atomic mass is 10.2. The molecular formula is C17H25IN4O3. The van der Waals surface area contributed by atoms with Gasteiger partial charge in [0.15, 0.2) is 5.96 Å². The number of halogens is 1. The van der Waals surface area contributed by atoms with Crippen molar-refractivity contribution in [3.63, 3.8) is 0 Å². The van der Waals surface area contributed by atoms with Gasteiger partial charge >= 0.3 is 0 Å². The van der Waals surface area contributed by atoms with Crippen molar-refractivity contribution in [2.75, 3.05) is 27.8 Å². The number of guanidine groups is 1. The number of ether oxygens (including phenoxy) is 2. The summed E-state index contributed by atoms with van der Waals surface area (Å²) in [6, 6.07) is 7.60. The molecule has 25 heavy (non-hydrogen) atoms. The number of methoxy groups -OCH3 is 2. The molecular weight excluding hydrogens is 435 g/mol. The number of aliphatic imine (C=N–C) groups is 1. The van der Waals surface area contributed by atoms with Crippen LogP contribution in [0.5, 0.6) is 11.5 Å². The van der Waals surface area contributed by atoms with Crippen molar-refractivity contribution in [1.29, 1.82) is 0 Å². The SMILES string of the molecule is CCNC(=NCc1ccon1)N(C)Cc1ccc(OC)cc1OC.I. The number of rotatable bonds is 7. The minimum Gasteiger partial charge on any atom is -0.497 e. The summed E-state index contributed by atoms with van der Waals surface area (Å²) in [7, 11) is 5.27. The van der Waals surface area contributed by atoms with Crippen LogP contribution in [0.15, 0.2) is 40.0 Å². The van der Waals surface area contributed by atoms with Crippen LogP contribution in [0, 0.1) is 0 Å². The molecule has 138 valence electrons. The van der Waals surface area contributed by atoms with E-state index in [1.807, 2.05) is 37.1 Å². The first-order chi connectivity index (χ1) is 11.7. The Labute approximate surface area is 165 Å². The molecule has 1 aromatic heterocycles. The third kappa shape index (κ3) is 6.11. The van der Waals surface area contributed by atoms with E-state index in [0.717, 1.165) is 35.3 Å². The molecule has 0 aliphatic heterocycles. The van der Waals surface area contributed by atoms with Crippen molar-refractivity contribution in [3.8, 4) is 11.5 Å². The standard InChI is InChI=1S/C17H24N4O3.HI/c1-5-18-17(19-11-14-8-9-24-20-14)21(2)12-13-6-7-15(22-3)10-16(13)23-4;/h6-10H,5,11-12H2,1-4H3,(H,18,19);1H. The smallest absolute Gasteiger partial charge is 0.194 e. The number of hydrogen-bond acceptors (Lipinski definition) is 5. The van der Waals surface area contributed by atoms with Gasteiger partial charge in [-0.05, 0) is 19.1 Å².